The van der Waals surface area contributed by atoms with Crippen LogP contribution in [0.3, 0.4) is 0 Å². The molecule has 2 fully saturated rings. The zero-order valence-corrected chi connectivity index (χ0v) is 19.3. The zero-order chi connectivity index (χ0) is 23.1. The van der Waals surface area contributed by atoms with Crippen LogP contribution in [0, 0.1) is 5.92 Å². The van der Waals surface area contributed by atoms with Crippen molar-refractivity contribution in [3.8, 4) is 0 Å². The molecule has 32 heavy (non-hydrogen) atoms. The van der Waals surface area contributed by atoms with Crippen LogP contribution < -0.4 is 10.6 Å². The van der Waals surface area contributed by atoms with E-state index in [1.165, 1.54) is 0 Å². The van der Waals surface area contributed by atoms with Crippen molar-refractivity contribution in [3.63, 3.8) is 0 Å². The van der Waals surface area contributed by atoms with Gasteiger partial charge in [0.2, 0.25) is 5.91 Å². The number of carbonyl (C=O) groups is 3. The highest BCUT2D eigenvalue weighted by atomic mass is 16.6. The highest BCUT2D eigenvalue weighted by Gasteiger charge is 2.39. The molecule has 0 radical (unpaired) electrons. The Hall–Kier alpha value is -2.77. The molecule has 0 aromatic heterocycles. The molecule has 0 spiro atoms. The number of amides is 3. The third-order valence-corrected chi connectivity index (χ3v) is 5.82. The molecule has 3 atom stereocenters. The van der Waals surface area contributed by atoms with Crippen LogP contribution in [-0.2, 0) is 20.9 Å². The van der Waals surface area contributed by atoms with E-state index in [0.29, 0.717) is 19.3 Å². The maximum absolute atomic E-state index is 13.2. The molecule has 1 heterocycles. The normalized spacial score (nSPS) is 23.3. The first-order valence-corrected chi connectivity index (χ1v) is 11.5. The molecule has 2 N–H and O–H groups in total. The molecule has 3 rings (SSSR count). The van der Waals surface area contributed by atoms with Crippen molar-refractivity contribution >= 4 is 18.1 Å². The van der Waals surface area contributed by atoms with Gasteiger partial charge in [0.25, 0.3) is 0 Å². The lowest BCUT2D eigenvalue weighted by Crippen LogP contribution is -2.54. The lowest BCUT2D eigenvalue weighted by atomic mass is 9.80. The standard InChI is InChI=1S/C24H35N3O5/c1-24(2,3)32-23(30)25-18-11-12-20(19(15-18)21(28)27-13-7-8-14-27)26-22(29)31-16-17-9-5-4-6-10-17/h4-6,9-10,18-20H,7-8,11-16H2,1-3H3,(H,25,30)(H,26,29)/t18-,19-,20+/m1/s1. The van der Waals surface area contributed by atoms with Crippen molar-refractivity contribution in [1.29, 1.82) is 0 Å². The summed E-state index contributed by atoms with van der Waals surface area (Å²) in [5, 5.41) is 5.80. The second-order valence-corrected chi connectivity index (χ2v) is 9.61. The molecule has 8 heteroatoms. The van der Waals surface area contributed by atoms with Crippen LogP contribution in [0.1, 0.15) is 58.4 Å². The first-order chi connectivity index (χ1) is 15.2. The summed E-state index contributed by atoms with van der Waals surface area (Å²) in [4.78, 5) is 39.7. The smallest absolute Gasteiger partial charge is 0.407 e. The van der Waals surface area contributed by atoms with Gasteiger partial charge in [-0.3, -0.25) is 4.79 Å². The van der Waals surface area contributed by atoms with Gasteiger partial charge in [0.05, 0.1) is 5.92 Å². The van der Waals surface area contributed by atoms with Gasteiger partial charge in [0.15, 0.2) is 0 Å². The van der Waals surface area contributed by atoms with E-state index >= 15 is 0 Å². The molecule has 1 aliphatic carbocycles. The van der Waals surface area contributed by atoms with E-state index in [0.717, 1.165) is 31.5 Å². The highest BCUT2D eigenvalue weighted by molar-refractivity contribution is 5.81. The lowest BCUT2D eigenvalue weighted by Gasteiger charge is -2.37. The second kappa shape index (κ2) is 10.7. The van der Waals surface area contributed by atoms with Crippen molar-refractivity contribution < 1.29 is 23.9 Å². The number of nitrogens with one attached hydrogen (secondary N) is 2. The van der Waals surface area contributed by atoms with E-state index in [-0.39, 0.29) is 24.6 Å². The maximum atomic E-state index is 13.2. The van der Waals surface area contributed by atoms with E-state index in [2.05, 4.69) is 10.6 Å². The summed E-state index contributed by atoms with van der Waals surface area (Å²) in [5.41, 5.74) is 0.313. The Morgan fingerprint density at radius 1 is 1.00 bits per heavy atom. The second-order valence-electron chi connectivity index (χ2n) is 9.61. The third-order valence-electron chi connectivity index (χ3n) is 5.82. The van der Waals surface area contributed by atoms with Gasteiger partial charge in [-0.2, -0.15) is 0 Å². The van der Waals surface area contributed by atoms with Crippen LogP contribution >= 0.6 is 0 Å². The third kappa shape index (κ3) is 7.14. The van der Waals surface area contributed by atoms with Crippen molar-refractivity contribution in [1.82, 2.24) is 15.5 Å². The highest BCUT2D eigenvalue weighted by Crippen LogP contribution is 2.28. The molecule has 1 saturated carbocycles. The minimum Gasteiger partial charge on any atom is -0.445 e. The predicted molar refractivity (Wildman–Crippen MR) is 120 cm³/mol. The molecular formula is C24H35N3O5. The average Bonchev–Trinajstić information content (AvgIpc) is 3.27. The number of rotatable bonds is 5. The monoisotopic (exact) mass is 445 g/mol. The summed E-state index contributed by atoms with van der Waals surface area (Å²) >= 11 is 0. The summed E-state index contributed by atoms with van der Waals surface area (Å²) in [6.07, 6.45) is 2.65. The molecule has 3 amide bonds. The summed E-state index contributed by atoms with van der Waals surface area (Å²) in [5.74, 6) is -0.377. The Labute approximate surface area is 190 Å². The number of nitrogens with zero attached hydrogens (tertiary/aromatic N) is 1. The summed E-state index contributed by atoms with van der Waals surface area (Å²) < 4.78 is 10.7. The fourth-order valence-corrected chi connectivity index (χ4v) is 4.31. The van der Waals surface area contributed by atoms with Crippen molar-refractivity contribution in [2.45, 2.75) is 77.2 Å². The average molecular weight is 446 g/mol. The Morgan fingerprint density at radius 3 is 2.34 bits per heavy atom. The van der Waals surface area contributed by atoms with Gasteiger partial charge < -0.3 is 25.0 Å². The molecule has 1 aliphatic heterocycles. The van der Waals surface area contributed by atoms with Crippen LogP contribution in [0.4, 0.5) is 9.59 Å². The lowest BCUT2D eigenvalue weighted by molar-refractivity contribution is -0.136. The Morgan fingerprint density at radius 2 is 1.69 bits per heavy atom. The SMILES string of the molecule is CC(C)(C)OC(=O)N[C@@H]1CC[C@H](NC(=O)OCc2ccccc2)[C@H](C(=O)N2CCCC2)C1. The summed E-state index contributed by atoms with van der Waals surface area (Å²) in [6.45, 7) is 7.10. The van der Waals surface area contributed by atoms with Gasteiger partial charge in [0, 0.05) is 25.2 Å². The maximum Gasteiger partial charge on any atom is 0.407 e. The number of hydrogen-bond acceptors (Lipinski definition) is 5. The van der Waals surface area contributed by atoms with E-state index in [9.17, 15) is 14.4 Å². The van der Waals surface area contributed by atoms with Crippen LogP contribution in [0.2, 0.25) is 0 Å². The molecule has 8 nitrogen and oxygen atoms in total. The summed E-state index contributed by atoms with van der Waals surface area (Å²) in [6, 6.07) is 8.95. The fourth-order valence-electron chi connectivity index (χ4n) is 4.31. The molecular weight excluding hydrogens is 410 g/mol. The molecule has 2 aliphatic rings. The number of ether oxygens (including phenoxy) is 2. The first-order valence-electron chi connectivity index (χ1n) is 11.5. The number of alkyl carbamates (subject to hydrolysis) is 2. The van der Waals surface area contributed by atoms with Gasteiger partial charge in [-0.25, -0.2) is 9.59 Å². The number of benzene rings is 1. The van der Waals surface area contributed by atoms with E-state index in [1.54, 1.807) is 0 Å². The van der Waals surface area contributed by atoms with Crippen LogP contribution in [0.5, 0.6) is 0 Å². The van der Waals surface area contributed by atoms with Crippen molar-refractivity contribution in [2.75, 3.05) is 13.1 Å². The zero-order valence-electron chi connectivity index (χ0n) is 19.3. The van der Waals surface area contributed by atoms with E-state index in [1.807, 2.05) is 56.0 Å². The van der Waals surface area contributed by atoms with Gasteiger partial charge in [-0.15, -0.1) is 0 Å². The number of carbonyl (C=O) groups excluding carboxylic acids is 3. The molecule has 0 unspecified atom stereocenters. The molecule has 1 aromatic carbocycles. The van der Waals surface area contributed by atoms with Gasteiger partial charge in [0.1, 0.15) is 12.2 Å². The van der Waals surface area contributed by atoms with Gasteiger partial charge in [-0.1, -0.05) is 30.3 Å². The number of likely N-dealkylation sites (tertiary alicyclic amines) is 1. The van der Waals surface area contributed by atoms with Crippen LogP contribution in [0.15, 0.2) is 30.3 Å². The largest absolute Gasteiger partial charge is 0.445 e. The molecule has 1 aromatic rings. The quantitative estimate of drug-likeness (QED) is 0.722. The Balaban J connectivity index is 1.60. The molecule has 176 valence electrons. The van der Waals surface area contributed by atoms with Gasteiger partial charge in [-0.05, 0) is 58.4 Å². The van der Waals surface area contributed by atoms with E-state index in [4.69, 9.17) is 9.47 Å². The van der Waals surface area contributed by atoms with E-state index < -0.39 is 23.7 Å². The molecule has 1 saturated heterocycles. The molecule has 0 bridgehead atoms. The predicted octanol–water partition coefficient (Wildman–Crippen LogP) is 3.60. The van der Waals surface area contributed by atoms with Gasteiger partial charge >= 0.3 is 12.2 Å². The topological polar surface area (TPSA) is 97.0 Å². The Kier molecular flexibility index (Phi) is 7.99. The summed E-state index contributed by atoms with van der Waals surface area (Å²) in [7, 11) is 0. The Bertz CT molecular complexity index is 787. The van der Waals surface area contributed by atoms with Crippen LogP contribution in [-0.4, -0.2) is 53.8 Å². The van der Waals surface area contributed by atoms with Crippen molar-refractivity contribution in [2.24, 2.45) is 5.92 Å². The minimum absolute atomic E-state index is 0.0338. The number of hydrogen-bond donors (Lipinski definition) is 2. The van der Waals surface area contributed by atoms with Crippen molar-refractivity contribution in [3.05, 3.63) is 35.9 Å². The fraction of sp³-hybridized carbons (Fsp3) is 0.625. The first kappa shape index (κ1) is 23.9. The van der Waals surface area contributed by atoms with Crippen LogP contribution in [0.25, 0.3) is 0 Å². The minimum atomic E-state index is -0.587.